The molecule has 134 valence electrons. The highest BCUT2D eigenvalue weighted by molar-refractivity contribution is 5.75. The number of esters is 1. The van der Waals surface area contributed by atoms with Crippen molar-refractivity contribution in [2.24, 2.45) is 11.3 Å². The maximum Gasteiger partial charge on any atom is 0.310 e. The van der Waals surface area contributed by atoms with Crippen LogP contribution in [0.5, 0.6) is 0 Å². The number of carbonyl (C=O) groups is 1. The van der Waals surface area contributed by atoms with Crippen LogP contribution < -0.4 is 0 Å². The van der Waals surface area contributed by atoms with Gasteiger partial charge in [-0.1, -0.05) is 45.0 Å². The highest BCUT2D eigenvalue weighted by Gasteiger charge is 2.40. The standard InChI is InChI=1S/C21H24F2O2/c1-5-25-20(24)19(21(2,3)4)18(14-6-10-16(22)11-7-14)15-8-12-17(23)13-9-15/h6-13,18-19H,5H2,1-4H3. The molecule has 0 fully saturated rings. The summed E-state index contributed by atoms with van der Waals surface area (Å²) in [5.41, 5.74) is 1.18. The zero-order valence-corrected chi connectivity index (χ0v) is 15.1. The second-order valence-corrected chi connectivity index (χ2v) is 7.18. The van der Waals surface area contributed by atoms with E-state index < -0.39 is 11.3 Å². The summed E-state index contributed by atoms with van der Waals surface area (Å²) in [5.74, 6) is -1.85. The highest BCUT2D eigenvalue weighted by Crippen LogP contribution is 2.43. The van der Waals surface area contributed by atoms with Gasteiger partial charge in [-0.05, 0) is 47.7 Å². The second-order valence-electron chi connectivity index (χ2n) is 7.18. The minimum Gasteiger partial charge on any atom is -0.466 e. The number of halogens is 2. The lowest BCUT2D eigenvalue weighted by Crippen LogP contribution is -2.36. The molecule has 0 N–H and O–H groups in total. The molecule has 0 radical (unpaired) electrons. The van der Waals surface area contributed by atoms with E-state index in [1.165, 1.54) is 24.3 Å². The fraction of sp³-hybridized carbons (Fsp3) is 0.381. The van der Waals surface area contributed by atoms with E-state index in [9.17, 15) is 13.6 Å². The van der Waals surface area contributed by atoms with Gasteiger partial charge in [-0.15, -0.1) is 0 Å². The predicted molar refractivity (Wildman–Crippen MR) is 94.2 cm³/mol. The van der Waals surface area contributed by atoms with Crippen LogP contribution >= 0.6 is 0 Å². The Morgan fingerprint density at radius 1 is 0.920 bits per heavy atom. The van der Waals surface area contributed by atoms with Crippen LogP contribution in [0.15, 0.2) is 48.5 Å². The topological polar surface area (TPSA) is 26.3 Å². The van der Waals surface area contributed by atoms with Gasteiger partial charge in [0.15, 0.2) is 0 Å². The first-order valence-corrected chi connectivity index (χ1v) is 8.41. The summed E-state index contributed by atoms with van der Waals surface area (Å²) < 4.78 is 32.1. The Morgan fingerprint density at radius 2 is 1.32 bits per heavy atom. The van der Waals surface area contributed by atoms with Crippen LogP contribution in [0.3, 0.4) is 0 Å². The third-order valence-corrected chi connectivity index (χ3v) is 4.27. The Kier molecular flexibility index (Phi) is 5.93. The number of hydrogen-bond acceptors (Lipinski definition) is 2. The summed E-state index contributed by atoms with van der Waals surface area (Å²) in [7, 11) is 0. The van der Waals surface area contributed by atoms with Crippen LogP contribution in [-0.4, -0.2) is 12.6 Å². The van der Waals surface area contributed by atoms with Gasteiger partial charge in [0.25, 0.3) is 0 Å². The summed E-state index contributed by atoms with van der Waals surface area (Å²) >= 11 is 0. The fourth-order valence-corrected chi connectivity index (χ4v) is 3.14. The van der Waals surface area contributed by atoms with Gasteiger partial charge in [0, 0.05) is 5.92 Å². The summed E-state index contributed by atoms with van der Waals surface area (Å²) in [4.78, 5) is 12.7. The van der Waals surface area contributed by atoms with Crippen molar-refractivity contribution in [3.8, 4) is 0 Å². The molecule has 0 aromatic heterocycles. The first-order chi connectivity index (χ1) is 11.7. The molecule has 0 amide bonds. The van der Waals surface area contributed by atoms with Crippen molar-refractivity contribution in [2.45, 2.75) is 33.6 Å². The van der Waals surface area contributed by atoms with E-state index in [4.69, 9.17) is 4.74 Å². The number of hydrogen-bond donors (Lipinski definition) is 0. The van der Waals surface area contributed by atoms with Gasteiger partial charge in [0.1, 0.15) is 11.6 Å². The third kappa shape index (κ3) is 4.65. The number of carbonyl (C=O) groups excluding carboxylic acids is 1. The van der Waals surface area contributed by atoms with Gasteiger partial charge in [-0.2, -0.15) is 0 Å². The van der Waals surface area contributed by atoms with Crippen molar-refractivity contribution in [1.29, 1.82) is 0 Å². The van der Waals surface area contributed by atoms with Crippen LogP contribution in [0.2, 0.25) is 0 Å². The zero-order valence-electron chi connectivity index (χ0n) is 15.1. The molecule has 0 heterocycles. The first kappa shape index (κ1) is 19.1. The van der Waals surface area contributed by atoms with Crippen molar-refractivity contribution < 1.29 is 18.3 Å². The molecule has 2 aromatic rings. The molecular weight excluding hydrogens is 322 g/mol. The van der Waals surface area contributed by atoms with Crippen LogP contribution in [0, 0.1) is 23.0 Å². The van der Waals surface area contributed by atoms with Gasteiger partial charge in [0.2, 0.25) is 0 Å². The summed E-state index contributed by atoms with van der Waals surface area (Å²) in [5, 5.41) is 0. The maximum absolute atomic E-state index is 13.4. The van der Waals surface area contributed by atoms with E-state index in [0.717, 1.165) is 11.1 Å². The lowest BCUT2D eigenvalue weighted by Gasteiger charge is -2.36. The van der Waals surface area contributed by atoms with Gasteiger partial charge in [-0.25, -0.2) is 8.78 Å². The molecule has 0 bridgehead atoms. The molecule has 4 heteroatoms. The molecule has 0 spiro atoms. The quantitative estimate of drug-likeness (QED) is 0.685. The molecule has 25 heavy (non-hydrogen) atoms. The molecule has 2 rings (SSSR count). The van der Waals surface area contributed by atoms with E-state index in [-0.39, 0.29) is 30.1 Å². The van der Waals surface area contributed by atoms with Crippen LogP contribution in [0.1, 0.15) is 44.7 Å². The Labute approximate surface area is 147 Å². The van der Waals surface area contributed by atoms with E-state index in [1.807, 2.05) is 20.8 Å². The van der Waals surface area contributed by atoms with Crippen molar-refractivity contribution in [3.63, 3.8) is 0 Å². The molecule has 0 aliphatic heterocycles. The lowest BCUT2D eigenvalue weighted by atomic mass is 9.68. The van der Waals surface area contributed by atoms with E-state index in [0.29, 0.717) is 0 Å². The van der Waals surface area contributed by atoms with Gasteiger partial charge >= 0.3 is 5.97 Å². The largest absolute Gasteiger partial charge is 0.466 e. The summed E-state index contributed by atoms with van der Waals surface area (Å²) in [6.07, 6.45) is 0. The van der Waals surface area contributed by atoms with Gasteiger partial charge in [-0.3, -0.25) is 4.79 Å². The van der Waals surface area contributed by atoms with Crippen molar-refractivity contribution in [1.82, 2.24) is 0 Å². The Balaban J connectivity index is 2.60. The van der Waals surface area contributed by atoms with Crippen LogP contribution in [-0.2, 0) is 9.53 Å². The van der Waals surface area contributed by atoms with E-state index >= 15 is 0 Å². The number of rotatable bonds is 5. The highest BCUT2D eigenvalue weighted by atomic mass is 19.1. The Hall–Kier alpha value is -2.23. The van der Waals surface area contributed by atoms with Gasteiger partial charge in [0.05, 0.1) is 12.5 Å². The molecule has 0 saturated carbocycles. The van der Waals surface area contributed by atoms with Crippen LogP contribution in [0.25, 0.3) is 0 Å². The average Bonchev–Trinajstić information content (AvgIpc) is 2.53. The monoisotopic (exact) mass is 346 g/mol. The molecular formula is C21H24F2O2. The Morgan fingerprint density at radius 3 is 1.64 bits per heavy atom. The summed E-state index contributed by atoms with van der Waals surface area (Å²) in [6, 6.07) is 12.2. The minimum absolute atomic E-state index is 0.283. The van der Waals surface area contributed by atoms with Gasteiger partial charge < -0.3 is 4.74 Å². The smallest absolute Gasteiger partial charge is 0.310 e. The second kappa shape index (κ2) is 7.77. The molecule has 0 aliphatic rings. The SMILES string of the molecule is CCOC(=O)C(C(c1ccc(F)cc1)c1ccc(F)cc1)C(C)(C)C. The fourth-order valence-electron chi connectivity index (χ4n) is 3.14. The number of benzene rings is 2. The minimum atomic E-state index is -0.497. The van der Waals surface area contributed by atoms with Crippen molar-refractivity contribution in [2.75, 3.05) is 6.61 Å². The first-order valence-electron chi connectivity index (χ1n) is 8.41. The normalized spacial score (nSPS) is 12.9. The molecule has 0 aliphatic carbocycles. The van der Waals surface area contributed by atoms with E-state index in [2.05, 4.69) is 0 Å². The molecule has 1 unspecified atom stereocenters. The molecule has 2 nitrogen and oxygen atoms in total. The summed E-state index contributed by atoms with van der Waals surface area (Å²) in [6.45, 7) is 7.95. The molecule has 0 saturated heterocycles. The number of ether oxygens (including phenoxy) is 1. The van der Waals surface area contributed by atoms with Crippen molar-refractivity contribution >= 4 is 5.97 Å². The molecule has 1 atom stereocenters. The maximum atomic E-state index is 13.4. The average molecular weight is 346 g/mol. The van der Waals surface area contributed by atoms with E-state index in [1.54, 1.807) is 31.2 Å². The predicted octanol–water partition coefficient (Wildman–Crippen LogP) is 5.32. The van der Waals surface area contributed by atoms with Crippen molar-refractivity contribution in [3.05, 3.63) is 71.3 Å². The lowest BCUT2D eigenvalue weighted by molar-refractivity contribution is -0.152. The third-order valence-electron chi connectivity index (χ3n) is 4.27. The van der Waals surface area contributed by atoms with Crippen LogP contribution in [0.4, 0.5) is 8.78 Å². The zero-order chi connectivity index (χ0) is 18.6. The Bertz CT molecular complexity index is 655. The molecule has 2 aromatic carbocycles.